The molecule has 0 aromatic carbocycles. The number of ether oxygens (including phenoxy) is 1. The van der Waals surface area contributed by atoms with Crippen LogP contribution in [-0.4, -0.2) is 67.0 Å². The highest BCUT2D eigenvalue weighted by Crippen LogP contribution is 2.32. The molecule has 0 aromatic rings. The molecule has 23 heavy (non-hydrogen) atoms. The number of hydrogen-bond donors (Lipinski definition) is 3. The number of aliphatic hydroxyl groups is 1. The number of likely N-dealkylation sites (tertiary alicyclic amines) is 1. The van der Waals surface area contributed by atoms with Gasteiger partial charge in [-0.05, 0) is 39.0 Å². The fraction of sp³-hybridized carbons (Fsp3) is 0.867. The molecular weight excluding hydrogens is 411 g/mol. The van der Waals surface area contributed by atoms with Crippen molar-refractivity contribution in [2.24, 2.45) is 10.9 Å². The van der Waals surface area contributed by atoms with E-state index in [2.05, 4.69) is 20.5 Å². The van der Waals surface area contributed by atoms with Gasteiger partial charge in [0.05, 0.1) is 25.3 Å². The first kappa shape index (κ1) is 20.3. The van der Waals surface area contributed by atoms with Crippen molar-refractivity contribution in [1.82, 2.24) is 15.5 Å². The number of aliphatic hydroxyl groups excluding tert-OH is 1. The molecule has 7 nitrogen and oxygen atoms in total. The smallest absolute Gasteiger partial charge is 0.407 e. The molecule has 2 aliphatic rings. The van der Waals surface area contributed by atoms with Crippen molar-refractivity contribution in [2.75, 3.05) is 32.8 Å². The Labute approximate surface area is 155 Å². The zero-order valence-electron chi connectivity index (χ0n) is 14.0. The first-order valence-electron chi connectivity index (χ1n) is 8.28. The molecule has 8 heteroatoms. The molecule has 0 bridgehead atoms. The maximum atomic E-state index is 11.6. The lowest BCUT2D eigenvalue weighted by Gasteiger charge is -2.22. The molecule has 1 unspecified atom stereocenters. The summed E-state index contributed by atoms with van der Waals surface area (Å²) in [7, 11) is 0. The Kier molecular flexibility index (Phi) is 8.96. The highest BCUT2D eigenvalue weighted by Gasteiger charge is 2.33. The number of nitrogens with zero attached hydrogens (tertiary/aromatic N) is 2. The summed E-state index contributed by atoms with van der Waals surface area (Å²) in [5, 5.41) is 15.8. The van der Waals surface area contributed by atoms with Gasteiger partial charge in [-0.1, -0.05) is 0 Å². The van der Waals surface area contributed by atoms with E-state index in [1.807, 2.05) is 6.92 Å². The van der Waals surface area contributed by atoms with Crippen LogP contribution in [0.2, 0.25) is 0 Å². The van der Waals surface area contributed by atoms with E-state index in [0.29, 0.717) is 25.6 Å². The Hall–Kier alpha value is -0.770. The van der Waals surface area contributed by atoms with Crippen molar-refractivity contribution < 1.29 is 14.6 Å². The molecule has 0 aromatic heterocycles. The lowest BCUT2D eigenvalue weighted by atomic mass is 10.2. The molecule has 1 saturated carbocycles. The molecule has 3 N–H and O–H groups in total. The predicted molar refractivity (Wildman–Crippen MR) is 100 cm³/mol. The number of amides is 1. The van der Waals surface area contributed by atoms with Crippen LogP contribution in [0.1, 0.15) is 33.1 Å². The summed E-state index contributed by atoms with van der Waals surface area (Å²) < 4.78 is 4.96. The molecule has 0 spiro atoms. The first-order chi connectivity index (χ1) is 10.6. The van der Waals surface area contributed by atoms with Gasteiger partial charge in [0.15, 0.2) is 5.96 Å². The Morgan fingerprint density at radius 3 is 2.65 bits per heavy atom. The highest BCUT2D eigenvalue weighted by molar-refractivity contribution is 14.0. The van der Waals surface area contributed by atoms with Crippen LogP contribution in [0.5, 0.6) is 0 Å². The van der Waals surface area contributed by atoms with E-state index < -0.39 is 0 Å². The predicted octanol–water partition coefficient (Wildman–Crippen LogP) is 1.16. The van der Waals surface area contributed by atoms with Crippen molar-refractivity contribution in [1.29, 1.82) is 0 Å². The first-order valence-corrected chi connectivity index (χ1v) is 8.28. The maximum absolute atomic E-state index is 11.6. The molecule has 1 heterocycles. The molecule has 2 rings (SSSR count). The van der Waals surface area contributed by atoms with Crippen LogP contribution in [0.15, 0.2) is 4.99 Å². The standard InChI is InChI=1S/C15H28N4O3.HI/c1-3-16-14(19-8-7-12(20)10-19)17-9-13(11-5-6-11)18-15(21)22-4-2;/h11-13,20H,3-10H2,1-2H3,(H,16,17)(H,18,21);1H/t12-,13?;/m1./s1. The molecule has 2 atom stereocenters. The zero-order chi connectivity index (χ0) is 15.9. The zero-order valence-corrected chi connectivity index (χ0v) is 16.3. The summed E-state index contributed by atoms with van der Waals surface area (Å²) in [6, 6.07) is 0.0280. The van der Waals surface area contributed by atoms with Crippen LogP contribution in [0.3, 0.4) is 0 Å². The monoisotopic (exact) mass is 440 g/mol. The highest BCUT2D eigenvalue weighted by atomic mass is 127. The summed E-state index contributed by atoms with van der Waals surface area (Å²) in [6.45, 7) is 6.95. The van der Waals surface area contributed by atoms with E-state index in [9.17, 15) is 9.90 Å². The van der Waals surface area contributed by atoms with Crippen LogP contribution < -0.4 is 10.6 Å². The quantitative estimate of drug-likeness (QED) is 0.328. The number of guanidine groups is 1. The summed E-state index contributed by atoms with van der Waals surface area (Å²) in [6.07, 6.45) is 2.39. The molecule has 1 saturated heterocycles. The van der Waals surface area contributed by atoms with Crippen molar-refractivity contribution in [2.45, 2.75) is 45.3 Å². The third-order valence-electron chi connectivity index (χ3n) is 4.01. The normalized spacial score (nSPS) is 22.3. The van der Waals surface area contributed by atoms with Crippen molar-refractivity contribution in [3.8, 4) is 0 Å². The van der Waals surface area contributed by atoms with Gasteiger partial charge in [-0.2, -0.15) is 0 Å². The number of halogens is 1. The van der Waals surface area contributed by atoms with Gasteiger partial charge in [0.2, 0.25) is 0 Å². The van der Waals surface area contributed by atoms with Crippen molar-refractivity contribution in [3.05, 3.63) is 0 Å². The van der Waals surface area contributed by atoms with Gasteiger partial charge >= 0.3 is 6.09 Å². The second-order valence-electron chi connectivity index (χ2n) is 5.89. The van der Waals surface area contributed by atoms with Gasteiger partial charge in [-0.25, -0.2) is 4.79 Å². The number of nitrogens with one attached hydrogen (secondary N) is 2. The lowest BCUT2D eigenvalue weighted by Crippen LogP contribution is -2.43. The number of alkyl carbamates (subject to hydrolysis) is 1. The van der Waals surface area contributed by atoms with Crippen LogP contribution in [0, 0.1) is 5.92 Å². The summed E-state index contributed by atoms with van der Waals surface area (Å²) in [5.41, 5.74) is 0. The SMILES string of the molecule is CCNC(=NCC(NC(=O)OCC)C1CC1)N1CC[C@@H](O)C1.I. The van der Waals surface area contributed by atoms with Crippen LogP contribution in [-0.2, 0) is 4.74 Å². The topological polar surface area (TPSA) is 86.2 Å². The second kappa shape index (κ2) is 10.2. The summed E-state index contributed by atoms with van der Waals surface area (Å²) in [5.74, 6) is 1.32. The third-order valence-corrected chi connectivity index (χ3v) is 4.01. The van der Waals surface area contributed by atoms with Gasteiger partial charge in [-0.3, -0.25) is 4.99 Å². The van der Waals surface area contributed by atoms with Crippen molar-refractivity contribution in [3.63, 3.8) is 0 Å². The molecule has 1 aliphatic heterocycles. The van der Waals surface area contributed by atoms with Gasteiger partial charge in [0.25, 0.3) is 0 Å². The van der Waals surface area contributed by atoms with Gasteiger partial charge in [-0.15, -0.1) is 24.0 Å². The number of aliphatic imine (C=N–C) groups is 1. The van der Waals surface area contributed by atoms with Gasteiger partial charge in [0.1, 0.15) is 0 Å². The van der Waals surface area contributed by atoms with Crippen LogP contribution in [0.25, 0.3) is 0 Å². The average Bonchev–Trinajstić information content (AvgIpc) is 3.24. The van der Waals surface area contributed by atoms with E-state index in [1.54, 1.807) is 6.92 Å². The number of carbonyl (C=O) groups is 1. The maximum Gasteiger partial charge on any atom is 0.407 e. The molecular formula is C15H29IN4O3. The molecule has 2 fully saturated rings. The number of rotatable bonds is 6. The second-order valence-corrected chi connectivity index (χ2v) is 5.89. The molecule has 134 valence electrons. The minimum absolute atomic E-state index is 0. The Bertz CT molecular complexity index is 404. The number of hydrogen-bond acceptors (Lipinski definition) is 4. The Balaban J connectivity index is 0.00000264. The van der Waals surface area contributed by atoms with E-state index in [1.165, 1.54) is 0 Å². The molecule has 1 aliphatic carbocycles. The number of carbonyl (C=O) groups excluding carboxylic acids is 1. The van der Waals surface area contributed by atoms with Crippen LogP contribution >= 0.6 is 24.0 Å². The molecule has 0 radical (unpaired) electrons. The van der Waals surface area contributed by atoms with Crippen molar-refractivity contribution >= 4 is 36.0 Å². The fourth-order valence-electron chi connectivity index (χ4n) is 2.68. The molecule has 1 amide bonds. The van der Waals surface area contributed by atoms with E-state index in [0.717, 1.165) is 38.3 Å². The lowest BCUT2D eigenvalue weighted by molar-refractivity contribution is 0.147. The Morgan fingerprint density at radius 2 is 2.13 bits per heavy atom. The summed E-state index contributed by atoms with van der Waals surface area (Å²) >= 11 is 0. The van der Waals surface area contributed by atoms with Gasteiger partial charge < -0.3 is 25.4 Å². The van der Waals surface area contributed by atoms with E-state index in [-0.39, 0.29) is 42.2 Å². The largest absolute Gasteiger partial charge is 0.450 e. The van der Waals surface area contributed by atoms with Crippen LogP contribution in [0.4, 0.5) is 4.79 Å². The van der Waals surface area contributed by atoms with E-state index in [4.69, 9.17) is 4.74 Å². The fourth-order valence-corrected chi connectivity index (χ4v) is 2.68. The minimum Gasteiger partial charge on any atom is -0.450 e. The minimum atomic E-state index is -0.365. The third kappa shape index (κ3) is 6.70. The Morgan fingerprint density at radius 1 is 1.39 bits per heavy atom. The number of β-amino-alcohol motifs (C(OH)–C–C–N with tert-alkyl or cyclic N) is 1. The van der Waals surface area contributed by atoms with Gasteiger partial charge in [0, 0.05) is 19.6 Å². The summed E-state index contributed by atoms with van der Waals surface area (Å²) in [4.78, 5) is 18.3. The van der Waals surface area contributed by atoms with E-state index >= 15 is 0 Å². The average molecular weight is 440 g/mol.